The summed E-state index contributed by atoms with van der Waals surface area (Å²) in [4.78, 5) is 19.3. The molecule has 4 aliphatic rings. The number of fused-ring (bicyclic) bond motifs is 3. The highest BCUT2D eigenvalue weighted by molar-refractivity contribution is 6.00. The van der Waals surface area contributed by atoms with Gasteiger partial charge in [0.15, 0.2) is 0 Å². The lowest BCUT2D eigenvalue weighted by Gasteiger charge is -2.42. The number of hydrogen-bond acceptors (Lipinski definition) is 4. The molecular weight excluding hydrogens is 348 g/mol. The van der Waals surface area contributed by atoms with Crippen molar-refractivity contribution in [2.75, 3.05) is 11.9 Å². The second kappa shape index (κ2) is 7.51. The van der Waals surface area contributed by atoms with Crippen LogP contribution in [0.3, 0.4) is 0 Å². The first-order chi connectivity index (χ1) is 13.7. The fourth-order valence-corrected chi connectivity index (χ4v) is 6.10. The number of pyridine rings is 1. The number of anilines is 1. The second-order valence-corrected chi connectivity index (χ2v) is 9.28. The number of nitrogens with two attached hydrogens (primary N) is 1. The molecule has 1 amide bonds. The second-order valence-electron chi connectivity index (χ2n) is 9.28. The van der Waals surface area contributed by atoms with Gasteiger partial charge >= 0.3 is 0 Å². The van der Waals surface area contributed by atoms with Crippen LogP contribution < -0.4 is 11.1 Å². The van der Waals surface area contributed by atoms with Crippen molar-refractivity contribution in [1.82, 2.24) is 9.88 Å². The Balaban J connectivity index is 1.31. The van der Waals surface area contributed by atoms with E-state index in [1.54, 1.807) is 6.20 Å². The number of amides is 1. The van der Waals surface area contributed by atoms with Gasteiger partial charge in [0.25, 0.3) is 5.91 Å². The third kappa shape index (κ3) is 3.34. The topological polar surface area (TPSA) is 71.2 Å². The van der Waals surface area contributed by atoms with E-state index >= 15 is 0 Å². The van der Waals surface area contributed by atoms with Crippen molar-refractivity contribution < 1.29 is 4.79 Å². The molecule has 3 heterocycles. The minimum atomic E-state index is -0.393. The number of primary amides is 1. The number of carbonyl (C=O) groups excluding carboxylic acids is 1. The van der Waals surface area contributed by atoms with Crippen molar-refractivity contribution in [1.29, 1.82) is 0 Å². The van der Waals surface area contributed by atoms with Gasteiger partial charge in [-0.3, -0.25) is 14.7 Å². The molecule has 1 aromatic heterocycles. The summed E-state index contributed by atoms with van der Waals surface area (Å²) >= 11 is 0. The summed E-state index contributed by atoms with van der Waals surface area (Å²) in [6, 6.07) is 1.81. The molecule has 150 valence electrons. The molecule has 2 bridgehead atoms. The van der Waals surface area contributed by atoms with E-state index in [1.807, 2.05) is 0 Å². The van der Waals surface area contributed by atoms with Gasteiger partial charge in [0, 0.05) is 42.9 Å². The average molecular weight is 381 g/mol. The zero-order valence-electron chi connectivity index (χ0n) is 16.7. The maximum atomic E-state index is 12.0. The number of allylic oxidation sites excluding steroid dienone is 1. The van der Waals surface area contributed by atoms with E-state index in [2.05, 4.69) is 27.4 Å². The Bertz CT molecular complexity index is 769. The molecule has 5 heteroatoms. The lowest BCUT2D eigenvalue weighted by molar-refractivity contribution is 0.0993. The van der Waals surface area contributed by atoms with Crippen molar-refractivity contribution in [3.63, 3.8) is 0 Å². The summed E-state index contributed by atoms with van der Waals surface area (Å²) in [7, 11) is 0. The van der Waals surface area contributed by atoms with Gasteiger partial charge < -0.3 is 11.1 Å². The zero-order valence-corrected chi connectivity index (χ0v) is 16.7. The smallest absolute Gasteiger partial charge is 0.252 e. The Morgan fingerprint density at radius 3 is 2.61 bits per heavy atom. The molecule has 0 unspecified atom stereocenters. The summed E-state index contributed by atoms with van der Waals surface area (Å²) in [6.07, 6.45) is 18.8. The molecular formula is C23H32N4O. The summed E-state index contributed by atoms with van der Waals surface area (Å²) < 4.78 is 0. The predicted octanol–water partition coefficient (Wildman–Crippen LogP) is 3.74. The van der Waals surface area contributed by atoms with Crippen LogP contribution in [0, 0.1) is 5.92 Å². The van der Waals surface area contributed by atoms with Crippen molar-refractivity contribution in [3.8, 4) is 0 Å². The van der Waals surface area contributed by atoms with Crippen LogP contribution in [0.1, 0.15) is 79.4 Å². The number of hydrogen-bond donors (Lipinski definition) is 2. The van der Waals surface area contributed by atoms with Crippen LogP contribution in [0.25, 0.3) is 6.08 Å². The fraction of sp³-hybridized carbons (Fsp3) is 0.652. The average Bonchev–Trinajstić information content (AvgIpc) is 3.25. The van der Waals surface area contributed by atoms with E-state index in [4.69, 9.17) is 5.73 Å². The van der Waals surface area contributed by atoms with Crippen LogP contribution in [0.15, 0.2) is 12.3 Å². The monoisotopic (exact) mass is 380 g/mol. The Kier molecular flexibility index (Phi) is 4.87. The zero-order chi connectivity index (χ0) is 19.1. The summed E-state index contributed by atoms with van der Waals surface area (Å²) in [6.45, 7) is 1.31. The van der Waals surface area contributed by atoms with Gasteiger partial charge in [0.1, 0.15) is 0 Å². The first kappa shape index (κ1) is 18.2. The quantitative estimate of drug-likeness (QED) is 0.816. The molecule has 5 nitrogen and oxygen atoms in total. The number of nitrogens with one attached hydrogen (secondary N) is 1. The number of aromatic nitrogens is 1. The molecule has 2 saturated heterocycles. The SMILES string of the molecule is NC(=O)c1cnc2c(c1NC1C[C@@H]3CC[C@@H](C1)N3CC1CCCCC1)C=CC2. The van der Waals surface area contributed by atoms with Crippen LogP contribution in [0.4, 0.5) is 5.69 Å². The number of nitrogens with zero attached hydrogens (tertiary/aromatic N) is 2. The summed E-state index contributed by atoms with van der Waals surface area (Å²) in [5, 5.41) is 3.74. The maximum absolute atomic E-state index is 12.0. The molecule has 3 fully saturated rings. The first-order valence-corrected chi connectivity index (χ1v) is 11.2. The van der Waals surface area contributed by atoms with Crippen molar-refractivity contribution in [2.45, 2.75) is 82.3 Å². The van der Waals surface area contributed by atoms with E-state index in [-0.39, 0.29) is 0 Å². The molecule has 0 aromatic carbocycles. The van der Waals surface area contributed by atoms with Gasteiger partial charge in [-0.25, -0.2) is 0 Å². The van der Waals surface area contributed by atoms with Gasteiger partial charge in [0.2, 0.25) is 0 Å². The van der Waals surface area contributed by atoms with Gasteiger partial charge in [-0.1, -0.05) is 31.4 Å². The molecule has 1 saturated carbocycles. The number of rotatable bonds is 5. The van der Waals surface area contributed by atoms with Crippen molar-refractivity contribution in [2.24, 2.45) is 11.7 Å². The predicted molar refractivity (Wildman–Crippen MR) is 112 cm³/mol. The van der Waals surface area contributed by atoms with Gasteiger partial charge in [-0.2, -0.15) is 0 Å². The summed E-state index contributed by atoms with van der Waals surface area (Å²) in [5.41, 5.74) is 9.21. The minimum absolute atomic E-state index is 0.393. The Morgan fingerprint density at radius 2 is 1.89 bits per heavy atom. The standard InChI is InChI=1S/C23H32N4O/c24-23(28)20-13-25-21-8-4-7-19(21)22(20)26-16-11-17-9-10-18(12-16)27(17)14-15-5-2-1-3-6-15/h4,7,13,15-18H,1-3,5-6,8-12,14H2,(H2,24,28)(H,25,26)/t17-,18-/m0/s1. The Hall–Kier alpha value is -1.88. The molecule has 3 N–H and O–H groups in total. The first-order valence-electron chi connectivity index (χ1n) is 11.2. The Labute approximate surface area is 167 Å². The van der Waals surface area contributed by atoms with E-state index in [0.717, 1.165) is 29.3 Å². The third-order valence-electron chi connectivity index (χ3n) is 7.49. The highest BCUT2D eigenvalue weighted by atomic mass is 16.1. The number of carbonyl (C=O) groups is 1. The van der Waals surface area contributed by atoms with Crippen LogP contribution in [-0.2, 0) is 6.42 Å². The Morgan fingerprint density at radius 1 is 1.14 bits per heavy atom. The fourth-order valence-electron chi connectivity index (χ4n) is 6.10. The van der Waals surface area contributed by atoms with Gasteiger partial charge in [-0.15, -0.1) is 0 Å². The van der Waals surface area contributed by atoms with Crippen molar-refractivity contribution in [3.05, 3.63) is 29.1 Å². The molecule has 0 spiro atoms. The lowest BCUT2D eigenvalue weighted by Crippen LogP contribution is -2.48. The van der Waals surface area contributed by atoms with Crippen LogP contribution in [-0.4, -0.2) is 40.5 Å². The number of piperidine rings is 1. The van der Waals surface area contributed by atoms with E-state index in [9.17, 15) is 4.79 Å². The molecule has 5 rings (SSSR count). The van der Waals surface area contributed by atoms with E-state index in [0.29, 0.717) is 23.7 Å². The van der Waals surface area contributed by atoms with Crippen LogP contribution in [0.2, 0.25) is 0 Å². The lowest BCUT2D eigenvalue weighted by atomic mass is 9.87. The maximum Gasteiger partial charge on any atom is 0.252 e. The highest BCUT2D eigenvalue weighted by Crippen LogP contribution is 2.40. The normalized spacial score (nSPS) is 29.8. The van der Waals surface area contributed by atoms with Gasteiger partial charge in [-0.05, 0) is 44.4 Å². The molecule has 0 radical (unpaired) electrons. The van der Waals surface area contributed by atoms with E-state index < -0.39 is 5.91 Å². The molecule has 28 heavy (non-hydrogen) atoms. The van der Waals surface area contributed by atoms with Crippen molar-refractivity contribution >= 4 is 17.7 Å². The van der Waals surface area contributed by atoms with E-state index in [1.165, 1.54) is 64.3 Å². The third-order valence-corrected chi connectivity index (χ3v) is 7.49. The molecule has 1 aromatic rings. The largest absolute Gasteiger partial charge is 0.381 e. The molecule has 2 aliphatic heterocycles. The molecule has 2 atom stereocenters. The van der Waals surface area contributed by atoms with Crippen LogP contribution in [0.5, 0.6) is 0 Å². The summed E-state index contributed by atoms with van der Waals surface area (Å²) in [5.74, 6) is 0.521. The molecule has 2 aliphatic carbocycles. The highest BCUT2D eigenvalue weighted by Gasteiger charge is 2.41. The van der Waals surface area contributed by atoms with Gasteiger partial charge in [0.05, 0.1) is 16.9 Å². The van der Waals surface area contributed by atoms with Crippen LogP contribution >= 0.6 is 0 Å². The minimum Gasteiger partial charge on any atom is -0.381 e.